The van der Waals surface area contributed by atoms with Crippen molar-refractivity contribution in [2.24, 2.45) is 11.3 Å². The maximum Gasteiger partial charge on any atom is 0.165 e. The largest absolute Gasteiger partial charge is 0.353 e. The van der Waals surface area contributed by atoms with Gasteiger partial charge in [-0.15, -0.1) is 0 Å². The van der Waals surface area contributed by atoms with Crippen molar-refractivity contribution in [3.05, 3.63) is 11.1 Å². The van der Waals surface area contributed by atoms with Crippen LogP contribution in [0.3, 0.4) is 0 Å². The highest BCUT2D eigenvalue weighted by atomic mass is 16.7. The summed E-state index contributed by atoms with van der Waals surface area (Å²) in [5.41, 5.74) is 2.59. The average Bonchev–Trinajstić information content (AvgIpc) is 2.37. The van der Waals surface area contributed by atoms with Crippen molar-refractivity contribution in [2.75, 3.05) is 6.61 Å². The van der Waals surface area contributed by atoms with Crippen LogP contribution in [0.4, 0.5) is 0 Å². The zero-order valence-corrected chi connectivity index (χ0v) is 14.8. The topological polar surface area (TPSA) is 35.5 Å². The highest BCUT2D eigenvalue weighted by Crippen LogP contribution is 2.34. The van der Waals surface area contributed by atoms with Crippen molar-refractivity contribution < 1.29 is 14.3 Å². The fraction of sp³-hybridized carbons (Fsp3) is 0.833. The summed E-state index contributed by atoms with van der Waals surface area (Å²) in [5, 5.41) is 0. The summed E-state index contributed by atoms with van der Waals surface area (Å²) >= 11 is 0. The zero-order chi connectivity index (χ0) is 16.2. The van der Waals surface area contributed by atoms with Crippen LogP contribution in [0, 0.1) is 11.3 Å². The lowest BCUT2D eigenvalue weighted by Crippen LogP contribution is -2.43. The molecule has 0 N–H and O–H groups in total. The van der Waals surface area contributed by atoms with E-state index in [0.717, 1.165) is 19.3 Å². The van der Waals surface area contributed by atoms with Crippen LogP contribution in [0.5, 0.6) is 0 Å². The van der Waals surface area contributed by atoms with Crippen LogP contribution in [0.2, 0.25) is 0 Å². The number of allylic oxidation sites excluding steroid dienone is 2. The number of carbonyl (C=O) groups excluding carboxylic acids is 1. The lowest BCUT2D eigenvalue weighted by Gasteiger charge is -2.35. The second kappa shape index (κ2) is 7.55. The van der Waals surface area contributed by atoms with Gasteiger partial charge in [0.15, 0.2) is 12.1 Å². The number of Topliss-reactive ketones (excluding diaryl/α,β-unsaturated/α-hetero) is 1. The predicted molar refractivity (Wildman–Crippen MR) is 86.1 cm³/mol. The fourth-order valence-electron chi connectivity index (χ4n) is 2.87. The van der Waals surface area contributed by atoms with E-state index >= 15 is 0 Å². The Hall–Kier alpha value is -0.670. The molecule has 0 amide bonds. The second-order valence-electron chi connectivity index (χ2n) is 7.31. The minimum Gasteiger partial charge on any atom is -0.353 e. The van der Waals surface area contributed by atoms with Crippen LogP contribution in [-0.4, -0.2) is 24.8 Å². The molecule has 0 spiro atoms. The number of ketones is 1. The fourth-order valence-corrected chi connectivity index (χ4v) is 2.87. The Kier molecular flexibility index (Phi) is 6.61. The first-order chi connectivity index (χ1) is 9.66. The molecule has 1 rings (SSSR count). The van der Waals surface area contributed by atoms with E-state index in [1.54, 1.807) is 0 Å². The Morgan fingerprint density at radius 1 is 1.29 bits per heavy atom. The maximum atomic E-state index is 12.9. The van der Waals surface area contributed by atoms with E-state index in [1.807, 2.05) is 13.8 Å². The standard InChI is InChI=1S/C18H32O3/c1-8-20-14(4)21-17(18(5,6)7)16(19)15-10-9-12(2)13(3)11-15/h14-15,17H,8-11H2,1-7H3/t14?,15-,17+/m0/s1. The molecule has 0 saturated carbocycles. The van der Waals surface area contributed by atoms with E-state index in [1.165, 1.54) is 11.1 Å². The molecule has 0 bridgehead atoms. The normalized spacial score (nSPS) is 23.1. The van der Waals surface area contributed by atoms with Gasteiger partial charge in [0.1, 0.15) is 6.10 Å². The van der Waals surface area contributed by atoms with Gasteiger partial charge in [0.25, 0.3) is 0 Å². The second-order valence-corrected chi connectivity index (χ2v) is 7.31. The van der Waals surface area contributed by atoms with E-state index in [2.05, 4.69) is 34.6 Å². The van der Waals surface area contributed by atoms with Gasteiger partial charge in [0, 0.05) is 12.5 Å². The van der Waals surface area contributed by atoms with Crippen molar-refractivity contribution in [1.29, 1.82) is 0 Å². The SMILES string of the molecule is CCOC(C)O[C@H](C(=O)[C@H]1CCC(C)=C(C)C1)C(C)(C)C. The van der Waals surface area contributed by atoms with Gasteiger partial charge >= 0.3 is 0 Å². The summed E-state index contributed by atoms with van der Waals surface area (Å²) in [7, 11) is 0. The van der Waals surface area contributed by atoms with Crippen LogP contribution >= 0.6 is 0 Å². The molecule has 0 aromatic heterocycles. The molecular formula is C18H32O3. The summed E-state index contributed by atoms with van der Waals surface area (Å²) in [6.45, 7) is 14.9. The van der Waals surface area contributed by atoms with Gasteiger partial charge in [-0.25, -0.2) is 0 Å². The third-order valence-electron chi connectivity index (χ3n) is 4.33. The van der Waals surface area contributed by atoms with Crippen LogP contribution in [-0.2, 0) is 14.3 Å². The Labute approximate surface area is 130 Å². The molecule has 3 nitrogen and oxygen atoms in total. The first-order valence-electron chi connectivity index (χ1n) is 8.12. The Morgan fingerprint density at radius 2 is 1.90 bits per heavy atom. The van der Waals surface area contributed by atoms with Crippen LogP contribution in [0.15, 0.2) is 11.1 Å². The lowest BCUT2D eigenvalue weighted by molar-refractivity contribution is -0.189. The summed E-state index contributed by atoms with van der Waals surface area (Å²) < 4.78 is 11.4. The van der Waals surface area contributed by atoms with Crippen molar-refractivity contribution in [2.45, 2.75) is 80.1 Å². The summed E-state index contributed by atoms with van der Waals surface area (Å²) in [6, 6.07) is 0. The van der Waals surface area contributed by atoms with Crippen molar-refractivity contribution in [3.8, 4) is 0 Å². The minimum atomic E-state index is -0.407. The van der Waals surface area contributed by atoms with Gasteiger partial charge in [-0.2, -0.15) is 0 Å². The highest BCUT2D eigenvalue weighted by Gasteiger charge is 2.38. The predicted octanol–water partition coefficient (Wildman–Crippen LogP) is 4.51. The molecule has 0 saturated heterocycles. The smallest absolute Gasteiger partial charge is 0.165 e. The van der Waals surface area contributed by atoms with E-state index in [9.17, 15) is 4.79 Å². The molecule has 0 fully saturated rings. The molecule has 21 heavy (non-hydrogen) atoms. The summed E-state index contributed by atoms with van der Waals surface area (Å²) in [4.78, 5) is 12.9. The Bertz CT molecular complexity index is 390. The van der Waals surface area contributed by atoms with E-state index in [0.29, 0.717) is 6.61 Å². The van der Waals surface area contributed by atoms with Crippen molar-refractivity contribution in [3.63, 3.8) is 0 Å². The third-order valence-corrected chi connectivity index (χ3v) is 4.33. The number of hydrogen-bond donors (Lipinski definition) is 0. The quantitative estimate of drug-likeness (QED) is 0.534. The van der Waals surface area contributed by atoms with Gasteiger partial charge in [-0.1, -0.05) is 31.9 Å². The van der Waals surface area contributed by atoms with Crippen LogP contribution in [0.1, 0.15) is 67.7 Å². The Balaban J connectivity index is 2.82. The molecule has 1 unspecified atom stereocenters. The van der Waals surface area contributed by atoms with Crippen LogP contribution < -0.4 is 0 Å². The van der Waals surface area contributed by atoms with Gasteiger partial charge in [-0.3, -0.25) is 4.79 Å². The van der Waals surface area contributed by atoms with Crippen molar-refractivity contribution >= 4 is 5.78 Å². The molecule has 1 aliphatic carbocycles. The summed E-state index contributed by atoms with van der Waals surface area (Å²) in [6.07, 6.45) is 2.10. The van der Waals surface area contributed by atoms with E-state index < -0.39 is 6.10 Å². The van der Waals surface area contributed by atoms with E-state index in [-0.39, 0.29) is 23.4 Å². The first-order valence-corrected chi connectivity index (χ1v) is 8.12. The highest BCUT2D eigenvalue weighted by molar-refractivity contribution is 5.86. The molecule has 1 aliphatic rings. The zero-order valence-electron chi connectivity index (χ0n) is 14.8. The molecule has 0 aliphatic heterocycles. The molecule has 0 radical (unpaired) electrons. The Morgan fingerprint density at radius 3 is 2.38 bits per heavy atom. The molecule has 0 heterocycles. The average molecular weight is 296 g/mol. The molecule has 122 valence electrons. The molecule has 3 heteroatoms. The number of hydrogen-bond acceptors (Lipinski definition) is 3. The molecule has 0 aromatic rings. The number of carbonyl (C=O) groups is 1. The number of rotatable bonds is 6. The van der Waals surface area contributed by atoms with Crippen molar-refractivity contribution in [1.82, 2.24) is 0 Å². The van der Waals surface area contributed by atoms with Gasteiger partial charge in [-0.05, 0) is 52.4 Å². The third kappa shape index (κ3) is 5.23. The van der Waals surface area contributed by atoms with Gasteiger partial charge in [0.2, 0.25) is 0 Å². The minimum absolute atomic E-state index is 0.0896. The van der Waals surface area contributed by atoms with E-state index in [4.69, 9.17) is 9.47 Å². The lowest BCUT2D eigenvalue weighted by atomic mass is 9.76. The first kappa shape index (κ1) is 18.4. The summed E-state index contributed by atoms with van der Waals surface area (Å²) in [5.74, 6) is 0.327. The molecular weight excluding hydrogens is 264 g/mol. The van der Waals surface area contributed by atoms with Crippen LogP contribution in [0.25, 0.3) is 0 Å². The maximum absolute atomic E-state index is 12.9. The van der Waals surface area contributed by atoms with Gasteiger partial charge < -0.3 is 9.47 Å². The molecule has 0 aromatic carbocycles. The molecule has 3 atom stereocenters. The number of ether oxygens (including phenoxy) is 2. The van der Waals surface area contributed by atoms with Gasteiger partial charge in [0.05, 0.1) is 0 Å². The monoisotopic (exact) mass is 296 g/mol.